The Morgan fingerprint density at radius 2 is 2.16 bits per heavy atom. The molecule has 0 bridgehead atoms. The molecule has 6 nitrogen and oxygen atoms in total. The van der Waals surface area contributed by atoms with E-state index >= 15 is 0 Å². The van der Waals surface area contributed by atoms with Crippen LogP contribution in [-0.4, -0.2) is 59.9 Å². The molecule has 0 atom stereocenters. The van der Waals surface area contributed by atoms with Crippen LogP contribution in [0.2, 0.25) is 0 Å². The van der Waals surface area contributed by atoms with Gasteiger partial charge in [-0.3, -0.25) is 9.67 Å². The molecule has 0 radical (unpaired) electrons. The maximum absolute atomic E-state index is 4.82. The fourth-order valence-corrected chi connectivity index (χ4v) is 3.81. The van der Waals surface area contributed by atoms with Crippen molar-refractivity contribution in [2.24, 2.45) is 4.99 Å². The Hall–Kier alpha value is -2.02. The molecule has 1 fully saturated rings. The number of anilines is 1. The summed E-state index contributed by atoms with van der Waals surface area (Å²) in [6, 6.07) is 4.33. The summed E-state index contributed by atoms with van der Waals surface area (Å²) >= 11 is 1.82. The lowest BCUT2D eigenvalue weighted by Gasteiger charge is -2.37. The molecule has 2 aromatic heterocycles. The second-order valence-electron chi connectivity index (χ2n) is 6.30. The third-order valence-corrected chi connectivity index (χ3v) is 5.23. The average Bonchev–Trinajstić information content (AvgIpc) is 3.30. The fraction of sp³-hybridized carbons (Fsp3) is 0.556. The van der Waals surface area contributed by atoms with Crippen molar-refractivity contribution in [3.63, 3.8) is 0 Å². The number of nitrogens with one attached hydrogen (secondary N) is 1. The van der Waals surface area contributed by atoms with Crippen LogP contribution in [0.4, 0.5) is 5.00 Å². The number of hydrogen-bond donors (Lipinski definition) is 1. The summed E-state index contributed by atoms with van der Waals surface area (Å²) in [5, 5.41) is 11.3. The van der Waals surface area contributed by atoms with Gasteiger partial charge < -0.3 is 15.1 Å². The van der Waals surface area contributed by atoms with Gasteiger partial charge in [0, 0.05) is 52.0 Å². The zero-order chi connectivity index (χ0) is 17.5. The van der Waals surface area contributed by atoms with Crippen LogP contribution in [0.25, 0.3) is 0 Å². The van der Waals surface area contributed by atoms with Crippen LogP contribution in [0.5, 0.6) is 0 Å². The lowest BCUT2D eigenvalue weighted by atomic mass is 10.3. The van der Waals surface area contributed by atoms with Gasteiger partial charge in [-0.2, -0.15) is 5.10 Å². The minimum atomic E-state index is 0.826. The molecule has 0 aromatic carbocycles. The predicted octanol–water partition coefficient (Wildman–Crippen LogP) is 2.43. The molecule has 1 saturated heterocycles. The minimum Gasteiger partial charge on any atom is -0.360 e. The van der Waals surface area contributed by atoms with Gasteiger partial charge in [0.2, 0.25) is 0 Å². The number of guanidine groups is 1. The van der Waals surface area contributed by atoms with E-state index in [1.54, 1.807) is 0 Å². The molecular formula is C18H28N6S. The quantitative estimate of drug-likeness (QED) is 0.488. The second kappa shape index (κ2) is 8.89. The van der Waals surface area contributed by atoms with Crippen molar-refractivity contribution < 1.29 is 0 Å². The van der Waals surface area contributed by atoms with Gasteiger partial charge in [0.25, 0.3) is 0 Å². The number of aliphatic imine (C=N–C) groups is 1. The first-order valence-corrected chi connectivity index (χ1v) is 9.95. The highest BCUT2D eigenvalue weighted by molar-refractivity contribution is 7.14. The van der Waals surface area contributed by atoms with Gasteiger partial charge in [-0.15, -0.1) is 11.3 Å². The maximum Gasteiger partial charge on any atom is 0.194 e. The van der Waals surface area contributed by atoms with E-state index in [-0.39, 0.29) is 0 Å². The zero-order valence-electron chi connectivity index (χ0n) is 15.2. The summed E-state index contributed by atoms with van der Waals surface area (Å²) in [7, 11) is 0. The van der Waals surface area contributed by atoms with Crippen LogP contribution in [-0.2, 0) is 6.54 Å². The third kappa shape index (κ3) is 4.98. The Kier molecular flexibility index (Phi) is 6.33. The van der Waals surface area contributed by atoms with Gasteiger partial charge in [0.1, 0.15) is 0 Å². The van der Waals surface area contributed by atoms with Crippen molar-refractivity contribution in [1.29, 1.82) is 0 Å². The van der Waals surface area contributed by atoms with E-state index in [1.807, 2.05) is 22.2 Å². The highest BCUT2D eigenvalue weighted by Crippen LogP contribution is 2.22. The van der Waals surface area contributed by atoms with Crippen LogP contribution in [0.15, 0.2) is 34.9 Å². The Labute approximate surface area is 154 Å². The van der Waals surface area contributed by atoms with Crippen molar-refractivity contribution in [2.75, 3.05) is 44.2 Å². The largest absolute Gasteiger partial charge is 0.360 e. The minimum absolute atomic E-state index is 0.826. The molecule has 2 aromatic rings. The summed E-state index contributed by atoms with van der Waals surface area (Å²) in [6.07, 6.45) is 4.99. The second-order valence-corrected chi connectivity index (χ2v) is 7.22. The average molecular weight is 361 g/mol. The van der Waals surface area contributed by atoms with Crippen LogP contribution in [0, 0.1) is 6.92 Å². The van der Waals surface area contributed by atoms with Gasteiger partial charge in [-0.05, 0) is 43.3 Å². The Morgan fingerprint density at radius 3 is 2.80 bits per heavy atom. The molecule has 7 heteroatoms. The van der Waals surface area contributed by atoms with Crippen LogP contribution in [0.1, 0.15) is 18.9 Å². The topological polar surface area (TPSA) is 48.7 Å². The molecule has 1 aliphatic rings. The lowest BCUT2D eigenvalue weighted by Crippen LogP contribution is -2.52. The first-order valence-electron chi connectivity index (χ1n) is 9.07. The summed E-state index contributed by atoms with van der Waals surface area (Å²) in [4.78, 5) is 9.66. The zero-order valence-corrected chi connectivity index (χ0v) is 16.0. The summed E-state index contributed by atoms with van der Waals surface area (Å²) in [5.41, 5.74) is 1.21. The molecule has 136 valence electrons. The molecule has 3 heterocycles. The highest BCUT2D eigenvalue weighted by atomic mass is 32.1. The maximum atomic E-state index is 4.82. The van der Waals surface area contributed by atoms with E-state index in [9.17, 15) is 0 Å². The van der Waals surface area contributed by atoms with Crippen LogP contribution in [0.3, 0.4) is 0 Å². The van der Waals surface area contributed by atoms with Crippen molar-refractivity contribution in [2.45, 2.75) is 26.8 Å². The lowest BCUT2D eigenvalue weighted by molar-refractivity contribution is 0.373. The third-order valence-electron chi connectivity index (χ3n) is 4.30. The monoisotopic (exact) mass is 360 g/mol. The Morgan fingerprint density at radius 1 is 1.32 bits per heavy atom. The van der Waals surface area contributed by atoms with Gasteiger partial charge in [-0.25, -0.2) is 0 Å². The summed E-state index contributed by atoms with van der Waals surface area (Å²) in [6.45, 7) is 11.0. The number of hydrogen-bond acceptors (Lipinski definition) is 4. The number of aryl methyl sites for hydroxylation is 2. The first kappa shape index (κ1) is 17.8. The number of piperazine rings is 1. The Bertz CT molecular complexity index is 655. The van der Waals surface area contributed by atoms with Gasteiger partial charge in [0.15, 0.2) is 5.96 Å². The molecule has 1 N–H and O–H groups in total. The molecule has 25 heavy (non-hydrogen) atoms. The van der Waals surface area contributed by atoms with E-state index in [4.69, 9.17) is 4.99 Å². The van der Waals surface area contributed by atoms with E-state index < -0.39 is 0 Å². The predicted molar refractivity (Wildman–Crippen MR) is 106 cm³/mol. The molecule has 0 saturated carbocycles. The number of rotatable bonds is 6. The summed E-state index contributed by atoms with van der Waals surface area (Å²) in [5.74, 6) is 1.05. The normalized spacial score (nSPS) is 15.7. The smallest absolute Gasteiger partial charge is 0.194 e. The number of nitrogens with zero attached hydrogens (tertiary/aromatic N) is 5. The Balaban J connectivity index is 1.48. The molecule has 3 rings (SSSR count). The van der Waals surface area contributed by atoms with Crippen molar-refractivity contribution in [3.05, 3.63) is 35.5 Å². The molecule has 1 aliphatic heterocycles. The van der Waals surface area contributed by atoms with E-state index in [1.165, 1.54) is 10.6 Å². The SMILES string of the molecule is CCNC(=NCCCn1cc(C)cn1)N1CCN(c2cccs2)CC1. The molecule has 0 spiro atoms. The highest BCUT2D eigenvalue weighted by Gasteiger charge is 2.20. The van der Waals surface area contributed by atoms with Crippen molar-refractivity contribution >= 4 is 22.3 Å². The van der Waals surface area contributed by atoms with E-state index in [0.29, 0.717) is 0 Å². The van der Waals surface area contributed by atoms with Crippen molar-refractivity contribution in [1.82, 2.24) is 20.0 Å². The molecule has 0 unspecified atom stereocenters. The summed E-state index contributed by atoms with van der Waals surface area (Å²) < 4.78 is 2.00. The van der Waals surface area contributed by atoms with E-state index in [0.717, 1.165) is 58.2 Å². The van der Waals surface area contributed by atoms with Crippen LogP contribution < -0.4 is 10.2 Å². The number of thiophene rings is 1. The van der Waals surface area contributed by atoms with Gasteiger partial charge in [0.05, 0.1) is 11.2 Å². The number of aromatic nitrogens is 2. The van der Waals surface area contributed by atoms with E-state index in [2.05, 4.69) is 57.8 Å². The van der Waals surface area contributed by atoms with Gasteiger partial charge in [-0.1, -0.05) is 0 Å². The van der Waals surface area contributed by atoms with Crippen LogP contribution >= 0.6 is 11.3 Å². The first-order chi connectivity index (χ1) is 12.3. The fourth-order valence-electron chi connectivity index (χ4n) is 3.02. The molecule has 0 aliphatic carbocycles. The molecular weight excluding hydrogens is 332 g/mol. The van der Waals surface area contributed by atoms with Crippen molar-refractivity contribution in [3.8, 4) is 0 Å². The standard InChI is InChI=1S/C18H28N6S/c1-3-19-18(20-7-5-8-24-15-16(2)14-21-24)23-11-9-22(10-12-23)17-6-4-13-25-17/h4,6,13-15H,3,5,7-12H2,1-2H3,(H,19,20). The molecule has 0 amide bonds. The van der Waals surface area contributed by atoms with Gasteiger partial charge >= 0.3 is 0 Å².